The summed E-state index contributed by atoms with van der Waals surface area (Å²) < 4.78 is 6.24. The summed E-state index contributed by atoms with van der Waals surface area (Å²) in [5, 5.41) is 3.97. The highest BCUT2D eigenvalue weighted by molar-refractivity contribution is 9.10. The summed E-state index contributed by atoms with van der Waals surface area (Å²) in [5.74, 6) is 1.11. The lowest BCUT2D eigenvalue weighted by molar-refractivity contribution is 0.229. The normalized spacial score (nSPS) is 17.6. The number of benzene rings is 1. The first kappa shape index (κ1) is 12.6. The van der Waals surface area contributed by atoms with E-state index in [1.165, 1.54) is 0 Å². The minimum atomic E-state index is -0.370. The number of hydrogen-bond donors (Lipinski definition) is 1. The Labute approximate surface area is 119 Å². The van der Waals surface area contributed by atoms with E-state index in [9.17, 15) is 0 Å². The van der Waals surface area contributed by atoms with E-state index < -0.39 is 0 Å². The van der Waals surface area contributed by atoms with Crippen LogP contribution in [0.2, 0.25) is 0 Å². The lowest BCUT2D eigenvalue weighted by Gasteiger charge is -2.34. The van der Waals surface area contributed by atoms with Crippen molar-refractivity contribution in [2.24, 2.45) is 5.73 Å². The Morgan fingerprint density at radius 1 is 1.32 bits per heavy atom. The molecule has 3 rings (SSSR count). The summed E-state index contributed by atoms with van der Waals surface area (Å²) in [6.07, 6.45) is 6.74. The summed E-state index contributed by atoms with van der Waals surface area (Å²) in [5.41, 5.74) is 6.85. The van der Waals surface area contributed by atoms with Crippen molar-refractivity contribution in [1.29, 1.82) is 0 Å². The second-order valence-corrected chi connectivity index (χ2v) is 5.77. The lowest BCUT2D eigenvalue weighted by Crippen LogP contribution is -2.44. The number of halogens is 1. The van der Waals surface area contributed by atoms with Crippen LogP contribution >= 0.6 is 15.9 Å². The van der Waals surface area contributed by atoms with Crippen molar-refractivity contribution < 1.29 is 4.52 Å². The zero-order valence-corrected chi connectivity index (χ0v) is 11.9. The van der Waals surface area contributed by atoms with Crippen molar-refractivity contribution in [2.45, 2.75) is 24.8 Å². The van der Waals surface area contributed by atoms with Gasteiger partial charge in [-0.15, -0.1) is 0 Å². The van der Waals surface area contributed by atoms with Gasteiger partial charge in [-0.25, -0.2) is 0 Å². The van der Waals surface area contributed by atoms with Crippen LogP contribution in [-0.4, -0.2) is 10.1 Å². The van der Waals surface area contributed by atoms with E-state index in [4.69, 9.17) is 10.3 Å². The fourth-order valence-electron chi connectivity index (χ4n) is 2.06. The number of nitrogens with zero attached hydrogens (tertiary/aromatic N) is 2. The molecule has 0 saturated heterocycles. The maximum absolute atomic E-state index is 6.15. The summed E-state index contributed by atoms with van der Waals surface area (Å²) >= 11 is 3.43. The molecule has 5 heteroatoms. The Hall–Kier alpha value is -1.46. The van der Waals surface area contributed by atoms with Gasteiger partial charge in [0.15, 0.2) is 5.82 Å². The second-order valence-electron chi connectivity index (χ2n) is 4.85. The molecule has 0 spiro atoms. The highest BCUT2D eigenvalue weighted by Crippen LogP contribution is 2.36. The summed E-state index contributed by atoms with van der Waals surface area (Å²) in [6.45, 7) is 0. The fraction of sp³-hybridized carbons (Fsp3) is 0.286. The van der Waals surface area contributed by atoms with Gasteiger partial charge in [0.05, 0.1) is 5.54 Å². The summed E-state index contributed by atoms with van der Waals surface area (Å²) in [7, 11) is 0. The molecule has 1 aromatic heterocycles. The first-order chi connectivity index (χ1) is 9.16. The van der Waals surface area contributed by atoms with E-state index in [0.717, 1.165) is 29.3 Å². The largest absolute Gasteiger partial charge is 0.335 e. The van der Waals surface area contributed by atoms with Crippen LogP contribution in [0.15, 0.2) is 33.3 Å². The molecule has 0 radical (unpaired) electrons. The summed E-state index contributed by atoms with van der Waals surface area (Å²) in [4.78, 5) is 4.34. The lowest BCUT2D eigenvalue weighted by atomic mass is 9.77. The van der Waals surface area contributed by atoms with Crippen molar-refractivity contribution in [3.8, 4) is 0 Å². The van der Waals surface area contributed by atoms with E-state index in [1.807, 2.05) is 30.3 Å². The van der Waals surface area contributed by atoms with Crippen molar-refractivity contribution in [1.82, 2.24) is 10.1 Å². The van der Waals surface area contributed by atoms with Crippen LogP contribution in [0.1, 0.15) is 36.5 Å². The van der Waals surface area contributed by atoms with Crippen molar-refractivity contribution >= 4 is 28.1 Å². The van der Waals surface area contributed by atoms with Gasteiger partial charge in [-0.2, -0.15) is 4.98 Å². The predicted octanol–water partition coefficient (Wildman–Crippen LogP) is 3.34. The van der Waals surface area contributed by atoms with E-state index in [2.05, 4.69) is 26.1 Å². The van der Waals surface area contributed by atoms with Gasteiger partial charge in [0.25, 0.3) is 5.89 Å². The Morgan fingerprint density at radius 3 is 2.84 bits per heavy atom. The molecule has 1 heterocycles. The van der Waals surface area contributed by atoms with Gasteiger partial charge in [-0.3, -0.25) is 0 Å². The summed E-state index contributed by atoms with van der Waals surface area (Å²) in [6, 6.07) is 7.99. The molecule has 0 atom stereocenters. The third-order valence-corrected chi connectivity index (χ3v) is 3.89. The quantitative estimate of drug-likeness (QED) is 0.942. The van der Waals surface area contributed by atoms with Gasteiger partial charge in [-0.1, -0.05) is 33.2 Å². The smallest absolute Gasteiger partial charge is 0.250 e. The molecule has 1 aliphatic rings. The van der Waals surface area contributed by atoms with Gasteiger partial charge in [0.2, 0.25) is 0 Å². The van der Waals surface area contributed by atoms with E-state index in [0.29, 0.717) is 11.7 Å². The molecule has 0 amide bonds. The zero-order valence-electron chi connectivity index (χ0n) is 10.3. The molecule has 1 fully saturated rings. The van der Waals surface area contributed by atoms with Crippen LogP contribution in [0.25, 0.3) is 12.2 Å². The molecular weight excluding hydrogens is 306 g/mol. The number of rotatable bonds is 3. The first-order valence-electron chi connectivity index (χ1n) is 6.22. The fourth-order valence-corrected chi connectivity index (χ4v) is 2.48. The van der Waals surface area contributed by atoms with Crippen LogP contribution < -0.4 is 5.73 Å². The topological polar surface area (TPSA) is 64.9 Å². The molecule has 0 aliphatic heterocycles. The van der Waals surface area contributed by atoms with E-state index in [-0.39, 0.29) is 5.54 Å². The molecule has 1 aromatic carbocycles. The zero-order chi connectivity index (χ0) is 13.3. The maximum Gasteiger partial charge on any atom is 0.250 e. The molecule has 19 heavy (non-hydrogen) atoms. The molecular formula is C14H14BrN3O. The third kappa shape index (κ3) is 2.62. The molecule has 98 valence electrons. The van der Waals surface area contributed by atoms with E-state index >= 15 is 0 Å². The van der Waals surface area contributed by atoms with E-state index in [1.54, 1.807) is 6.08 Å². The average molecular weight is 320 g/mol. The highest BCUT2D eigenvalue weighted by Gasteiger charge is 2.38. The predicted molar refractivity (Wildman–Crippen MR) is 77.1 cm³/mol. The second kappa shape index (κ2) is 4.90. The van der Waals surface area contributed by atoms with Gasteiger partial charge in [0.1, 0.15) is 0 Å². The third-order valence-electron chi connectivity index (χ3n) is 3.40. The Bertz CT molecular complexity index is 617. The van der Waals surface area contributed by atoms with Gasteiger partial charge in [-0.05, 0) is 43.0 Å². The molecule has 4 nitrogen and oxygen atoms in total. The van der Waals surface area contributed by atoms with Gasteiger partial charge in [0, 0.05) is 10.5 Å². The Morgan fingerprint density at radius 2 is 2.16 bits per heavy atom. The number of hydrogen-bond acceptors (Lipinski definition) is 4. The standard InChI is InChI=1S/C14H14BrN3O/c15-11-4-1-3-10(9-11)5-6-12-17-13(18-19-12)14(16)7-2-8-14/h1,3-6,9H,2,7-8,16H2/b6-5+. The average Bonchev–Trinajstić information content (AvgIpc) is 2.83. The number of aromatic nitrogens is 2. The minimum Gasteiger partial charge on any atom is -0.335 e. The van der Waals surface area contributed by atoms with Crippen LogP contribution in [0.3, 0.4) is 0 Å². The SMILES string of the molecule is NC1(c2noc(/C=C/c3cccc(Br)c3)n2)CCC1. The van der Waals surface area contributed by atoms with Crippen LogP contribution in [0.5, 0.6) is 0 Å². The van der Waals surface area contributed by atoms with Gasteiger partial charge < -0.3 is 10.3 Å². The molecule has 2 aromatic rings. The highest BCUT2D eigenvalue weighted by atomic mass is 79.9. The molecule has 0 bridgehead atoms. The molecule has 1 saturated carbocycles. The van der Waals surface area contributed by atoms with Crippen molar-refractivity contribution in [3.63, 3.8) is 0 Å². The van der Waals surface area contributed by atoms with Crippen molar-refractivity contribution in [3.05, 3.63) is 46.0 Å². The number of nitrogens with two attached hydrogens (primary N) is 1. The van der Waals surface area contributed by atoms with Crippen LogP contribution in [-0.2, 0) is 5.54 Å². The van der Waals surface area contributed by atoms with Crippen molar-refractivity contribution in [2.75, 3.05) is 0 Å². The first-order valence-corrected chi connectivity index (χ1v) is 7.02. The molecule has 2 N–H and O–H groups in total. The Balaban J connectivity index is 1.77. The van der Waals surface area contributed by atoms with Gasteiger partial charge >= 0.3 is 0 Å². The van der Waals surface area contributed by atoms with Crippen LogP contribution in [0, 0.1) is 0 Å². The molecule has 0 unspecified atom stereocenters. The maximum atomic E-state index is 6.15. The Kier molecular flexibility index (Phi) is 3.24. The van der Waals surface area contributed by atoms with Crippen LogP contribution in [0.4, 0.5) is 0 Å². The monoisotopic (exact) mass is 319 g/mol. The minimum absolute atomic E-state index is 0.370. The molecule has 1 aliphatic carbocycles.